The zero-order chi connectivity index (χ0) is 30.4. The predicted molar refractivity (Wildman–Crippen MR) is 165 cm³/mol. The molecule has 9 heteroatoms. The number of aromatic nitrogens is 2. The highest BCUT2D eigenvalue weighted by molar-refractivity contribution is 6.03. The Balaban J connectivity index is 1.37. The van der Waals surface area contributed by atoms with Crippen molar-refractivity contribution in [3.05, 3.63) is 59.3 Å². The maximum atomic E-state index is 16.8. The third-order valence-electron chi connectivity index (χ3n) is 9.86. The van der Waals surface area contributed by atoms with Crippen LogP contribution in [0.15, 0.2) is 36.4 Å². The van der Waals surface area contributed by atoms with E-state index in [2.05, 4.69) is 21.1 Å². The van der Waals surface area contributed by atoms with Crippen LogP contribution in [-0.2, 0) is 5.41 Å². The van der Waals surface area contributed by atoms with Gasteiger partial charge in [-0.1, -0.05) is 24.1 Å². The van der Waals surface area contributed by atoms with E-state index in [1.165, 1.54) is 24.3 Å². The molecule has 0 amide bonds. The fourth-order valence-corrected chi connectivity index (χ4v) is 7.46. The number of hydrogen-bond donors (Lipinski definition) is 2. The Hall–Kier alpha value is -3.87. The van der Waals surface area contributed by atoms with Crippen LogP contribution >= 0.6 is 0 Å². The highest BCUT2D eigenvalue weighted by atomic mass is 19.1. The second kappa shape index (κ2) is 11.6. The van der Waals surface area contributed by atoms with Crippen LogP contribution in [0, 0.1) is 29.9 Å². The van der Waals surface area contributed by atoms with Gasteiger partial charge in [-0.2, -0.15) is 9.97 Å². The van der Waals surface area contributed by atoms with Gasteiger partial charge in [0.2, 0.25) is 0 Å². The second-order valence-corrected chi connectivity index (χ2v) is 12.6. The molecule has 8 rings (SSSR count). The van der Waals surface area contributed by atoms with Crippen molar-refractivity contribution in [2.24, 2.45) is 5.92 Å². The van der Waals surface area contributed by atoms with Gasteiger partial charge in [0, 0.05) is 28.3 Å². The number of hydrogen-bond acceptors (Lipinski definition) is 6. The van der Waals surface area contributed by atoms with E-state index in [-0.39, 0.29) is 51.9 Å². The molecule has 0 spiro atoms. The van der Waals surface area contributed by atoms with E-state index >= 15 is 4.39 Å². The van der Waals surface area contributed by atoms with Crippen molar-refractivity contribution < 1.29 is 23.0 Å². The van der Waals surface area contributed by atoms with Gasteiger partial charge < -0.3 is 20.1 Å². The van der Waals surface area contributed by atoms with E-state index in [0.717, 1.165) is 64.0 Å². The fourth-order valence-electron chi connectivity index (χ4n) is 7.46. The summed E-state index contributed by atoms with van der Waals surface area (Å²) in [5.74, 6) is 1.08. The molecule has 0 unspecified atom stereocenters. The molecule has 4 aromatic rings. The summed E-state index contributed by atoms with van der Waals surface area (Å²) in [4.78, 5) is 12.0. The van der Waals surface area contributed by atoms with E-state index in [4.69, 9.17) is 16.1 Å². The Morgan fingerprint density at radius 1 is 1.07 bits per heavy atom. The number of ether oxygens (including phenoxy) is 1. The molecule has 44 heavy (non-hydrogen) atoms. The number of benzene rings is 3. The number of fused-ring (bicyclic) bond motifs is 5. The van der Waals surface area contributed by atoms with Crippen LogP contribution in [0.3, 0.4) is 0 Å². The standard InChI is InChI=1S/C35H35F3N4O2/c1-2-25-29(37)8-5-22-17-24(43)18-28(30(22)25)26-6-7-27-32(31(26)38)40-34(44-20-21-4-3-12-39-19-23(36)16-21)41-33(27)35-9-13-42(14-10-35)15-11-35/h1,5-8,17-18,21,23,39,43H,3-4,9-16,19-20H2/t21-,23-/m1/s1. The van der Waals surface area contributed by atoms with Gasteiger partial charge in [-0.25, -0.2) is 13.2 Å². The van der Waals surface area contributed by atoms with E-state index in [9.17, 15) is 13.9 Å². The van der Waals surface area contributed by atoms with Crippen molar-refractivity contribution >= 4 is 21.7 Å². The summed E-state index contributed by atoms with van der Waals surface area (Å²) >= 11 is 0. The van der Waals surface area contributed by atoms with E-state index in [1.54, 1.807) is 6.07 Å². The molecule has 6 nitrogen and oxygen atoms in total. The number of phenolic OH excluding ortho intramolecular Hbond substituents is 1. The van der Waals surface area contributed by atoms with Crippen molar-refractivity contribution in [2.45, 2.75) is 50.1 Å². The third-order valence-corrected chi connectivity index (χ3v) is 9.86. The fraction of sp³-hybridized carbons (Fsp3) is 0.429. The molecule has 2 N–H and O–H groups in total. The van der Waals surface area contributed by atoms with E-state index < -0.39 is 17.8 Å². The highest BCUT2D eigenvalue weighted by Crippen LogP contribution is 2.46. The van der Waals surface area contributed by atoms with Gasteiger partial charge in [-0.3, -0.25) is 0 Å². The minimum absolute atomic E-state index is 0.00199. The smallest absolute Gasteiger partial charge is 0.317 e. The Morgan fingerprint density at radius 3 is 2.64 bits per heavy atom. The molecule has 4 aliphatic rings. The number of nitrogens with zero attached hydrogens (tertiary/aromatic N) is 3. The van der Waals surface area contributed by atoms with Gasteiger partial charge >= 0.3 is 6.01 Å². The maximum absolute atomic E-state index is 16.8. The monoisotopic (exact) mass is 600 g/mol. The van der Waals surface area contributed by atoms with Gasteiger partial charge in [0.15, 0.2) is 5.82 Å². The summed E-state index contributed by atoms with van der Waals surface area (Å²) in [6.07, 6.45) is 9.56. The number of halogens is 3. The molecule has 1 aromatic heterocycles. The Labute approximate surface area is 254 Å². The molecule has 228 valence electrons. The molecule has 3 aromatic carbocycles. The lowest BCUT2D eigenvalue weighted by Crippen LogP contribution is -2.51. The average Bonchev–Trinajstić information content (AvgIpc) is 3.03. The minimum Gasteiger partial charge on any atom is -0.508 e. The predicted octanol–water partition coefficient (Wildman–Crippen LogP) is 6.26. The lowest BCUT2D eigenvalue weighted by molar-refractivity contribution is 0.0792. The summed E-state index contributed by atoms with van der Waals surface area (Å²) in [5.41, 5.74) is 1.07. The van der Waals surface area contributed by atoms with Crippen LogP contribution in [0.5, 0.6) is 11.8 Å². The van der Waals surface area contributed by atoms with Crippen molar-refractivity contribution in [3.8, 4) is 35.2 Å². The molecule has 0 aliphatic carbocycles. The first-order chi connectivity index (χ1) is 21.3. The van der Waals surface area contributed by atoms with Crippen molar-refractivity contribution in [2.75, 3.05) is 39.3 Å². The second-order valence-electron chi connectivity index (χ2n) is 12.6. The molecule has 5 heterocycles. The summed E-state index contributed by atoms with van der Waals surface area (Å²) in [6, 6.07) is 9.18. The Morgan fingerprint density at radius 2 is 1.86 bits per heavy atom. The van der Waals surface area contributed by atoms with Gasteiger partial charge in [0.25, 0.3) is 0 Å². The number of phenols is 1. The Bertz CT molecular complexity index is 1770. The molecular formula is C35H35F3N4O2. The van der Waals surface area contributed by atoms with Crippen molar-refractivity contribution in [1.29, 1.82) is 0 Å². The van der Waals surface area contributed by atoms with Crippen molar-refractivity contribution in [3.63, 3.8) is 0 Å². The molecule has 0 saturated carbocycles. The summed E-state index contributed by atoms with van der Waals surface area (Å²) in [5, 5.41) is 15.1. The minimum atomic E-state index is -0.960. The van der Waals surface area contributed by atoms with Crippen LogP contribution in [0.25, 0.3) is 32.8 Å². The first kappa shape index (κ1) is 28.9. The highest BCUT2D eigenvalue weighted by Gasteiger charge is 2.43. The third kappa shape index (κ3) is 5.14. The van der Waals surface area contributed by atoms with E-state index in [0.29, 0.717) is 29.1 Å². The summed E-state index contributed by atoms with van der Waals surface area (Å²) < 4.78 is 52.2. The lowest BCUT2D eigenvalue weighted by atomic mass is 9.69. The number of alkyl halides is 1. The molecule has 2 bridgehead atoms. The molecule has 4 saturated heterocycles. The van der Waals surface area contributed by atoms with Gasteiger partial charge in [0.05, 0.1) is 17.9 Å². The SMILES string of the molecule is C#Cc1c(F)ccc2cc(O)cc(-c3ccc4c(C56CCN(CC5)CC6)nc(OC[C@@H]5CCCNC[C@H](F)C5)nc4c3F)c12. The van der Waals surface area contributed by atoms with Crippen LogP contribution in [0.1, 0.15) is 49.8 Å². The van der Waals surface area contributed by atoms with Gasteiger partial charge in [-0.05, 0) is 99.8 Å². The molecule has 4 fully saturated rings. The number of rotatable bonds is 5. The molecule has 4 aliphatic heterocycles. The summed E-state index contributed by atoms with van der Waals surface area (Å²) in [6.45, 7) is 4.19. The van der Waals surface area contributed by atoms with E-state index in [1.807, 2.05) is 6.07 Å². The van der Waals surface area contributed by atoms with Crippen LogP contribution < -0.4 is 10.1 Å². The zero-order valence-corrected chi connectivity index (χ0v) is 24.5. The zero-order valence-electron chi connectivity index (χ0n) is 24.5. The Kier molecular flexibility index (Phi) is 7.59. The number of terminal acetylenes is 1. The molecule has 2 atom stereocenters. The normalized spacial score (nSPS) is 25.5. The topological polar surface area (TPSA) is 70.5 Å². The van der Waals surface area contributed by atoms with Crippen LogP contribution in [-0.4, -0.2) is 65.5 Å². The van der Waals surface area contributed by atoms with Crippen molar-refractivity contribution in [1.82, 2.24) is 20.2 Å². The first-order valence-electron chi connectivity index (χ1n) is 15.5. The van der Waals surface area contributed by atoms with Crippen LogP contribution in [0.2, 0.25) is 0 Å². The number of piperidine rings is 3. The maximum Gasteiger partial charge on any atom is 0.317 e. The van der Waals surface area contributed by atoms with Gasteiger partial charge in [0.1, 0.15) is 23.3 Å². The van der Waals surface area contributed by atoms with Crippen LogP contribution in [0.4, 0.5) is 13.2 Å². The molecule has 0 radical (unpaired) electrons. The number of nitrogens with one attached hydrogen (secondary N) is 1. The first-order valence-corrected chi connectivity index (χ1v) is 15.5. The lowest BCUT2D eigenvalue weighted by Gasteiger charge is -2.48. The number of aromatic hydroxyl groups is 1. The average molecular weight is 601 g/mol. The van der Waals surface area contributed by atoms with Gasteiger partial charge in [-0.15, -0.1) is 6.42 Å². The largest absolute Gasteiger partial charge is 0.508 e. The molecular weight excluding hydrogens is 565 g/mol. The quantitative estimate of drug-likeness (QED) is 0.264. The summed E-state index contributed by atoms with van der Waals surface area (Å²) in [7, 11) is 0.